The number of nitrogens with one attached hydrogen (secondary N) is 1. The number of nitro groups is 1. The molecule has 32 heavy (non-hydrogen) atoms. The molecule has 0 spiro atoms. The van der Waals surface area contributed by atoms with Crippen LogP contribution in [0.15, 0.2) is 42.6 Å². The molecule has 2 aromatic carbocycles. The molecular formula is C23H21N3O6. The SMILES string of the molecule is CCOC(=O)c1ncc2[nH]c3cccc(Oc4ccc([N+](=O)[O-])cc4C)c3c2c1COC. The molecule has 0 atom stereocenters. The smallest absolute Gasteiger partial charge is 0.357 e. The van der Waals surface area contributed by atoms with Gasteiger partial charge in [0.2, 0.25) is 0 Å². The van der Waals surface area contributed by atoms with Crippen molar-refractivity contribution in [2.75, 3.05) is 13.7 Å². The molecule has 9 heteroatoms. The number of nitro benzene ring substituents is 1. The number of pyridine rings is 1. The maximum atomic E-state index is 12.5. The summed E-state index contributed by atoms with van der Waals surface area (Å²) >= 11 is 0. The van der Waals surface area contributed by atoms with Gasteiger partial charge in [0, 0.05) is 30.2 Å². The summed E-state index contributed by atoms with van der Waals surface area (Å²) in [5.74, 6) is 0.495. The number of hydrogen-bond acceptors (Lipinski definition) is 7. The van der Waals surface area contributed by atoms with Crippen LogP contribution < -0.4 is 4.74 Å². The van der Waals surface area contributed by atoms with Crippen molar-refractivity contribution in [2.24, 2.45) is 0 Å². The van der Waals surface area contributed by atoms with E-state index < -0.39 is 10.9 Å². The standard InChI is InChI=1S/C23H21N3O6/c1-4-31-23(27)22-15(12-30-3)20-17(11-24-22)25-16-6-5-7-19(21(16)20)32-18-9-8-14(26(28)29)10-13(18)2/h5-11,25H,4,12H2,1-3H3. The first-order valence-corrected chi connectivity index (χ1v) is 9.95. The van der Waals surface area contributed by atoms with Crippen LogP contribution in [0.25, 0.3) is 21.8 Å². The normalized spacial score (nSPS) is 11.1. The molecule has 0 fully saturated rings. The van der Waals surface area contributed by atoms with Gasteiger partial charge in [0.1, 0.15) is 11.5 Å². The van der Waals surface area contributed by atoms with Crippen molar-refractivity contribution in [3.63, 3.8) is 0 Å². The highest BCUT2D eigenvalue weighted by Crippen LogP contribution is 2.39. The second-order valence-electron chi connectivity index (χ2n) is 7.14. The minimum Gasteiger partial charge on any atom is -0.461 e. The second kappa shape index (κ2) is 8.64. The number of methoxy groups -OCH3 is 1. The highest BCUT2D eigenvalue weighted by Gasteiger charge is 2.22. The summed E-state index contributed by atoms with van der Waals surface area (Å²) in [6.07, 6.45) is 1.58. The van der Waals surface area contributed by atoms with E-state index in [2.05, 4.69) is 9.97 Å². The summed E-state index contributed by atoms with van der Waals surface area (Å²) in [7, 11) is 1.54. The van der Waals surface area contributed by atoms with E-state index in [4.69, 9.17) is 14.2 Å². The van der Waals surface area contributed by atoms with Crippen LogP contribution in [0.5, 0.6) is 11.5 Å². The Kier molecular flexibility index (Phi) is 5.74. The average Bonchev–Trinajstić information content (AvgIpc) is 3.15. The molecule has 0 aliphatic rings. The molecule has 0 saturated heterocycles. The molecule has 1 N–H and O–H groups in total. The third kappa shape index (κ3) is 3.74. The molecule has 0 bridgehead atoms. The first-order valence-electron chi connectivity index (χ1n) is 9.95. The number of aryl methyl sites for hydroxylation is 1. The van der Waals surface area contributed by atoms with Gasteiger partial charge < -0.3 is 19.2 Å². The molecule has 4 aromatic rings. The Bertz CT molecular complexity index is 1340. The van der Waals surface area contributed by atoms with Crippen molar-refractivity contribution in [1.82, 2.24) is 9.97 Å². The zero-order chi connectivity index (χ0) is 22.8. The van der Waals surface area contributed by atoms with Gasteiger partial charge in [-0.1, -0.05) is 6.07 Å². The van der Waals surface area contributed by atoms with Gasteiger partial charge in [-0.2, -0.15) is 0 Å². The van der Waals surface area contributed by atoms with E-state index in [-0.39, 0.29) is 24.6 Å². The molecule has 2 aromatic heterocycles. The van der Waals surface area contributed by atoms with Crippen molar-refractivity contribution >= 4 is 33.5 Å². The Morgan fingerprint density at radius 3 is 2.66 bits per heavy atom. The van der Waals surface area contributed by atoms with E-state index in [0.717, 1.165) is 21.8 Å². The van der Waals surface area contributed by atoms with Crippen LogP contribution in [0.3, 0.4) is 0 Å². The Labute approximate surface area is 183 Å². The summed E-state index contributed by atoms with van der Waals surface area (Å²) in [6.45, 7) is 3.86. The zero-order valence-corrected chi connectivity index (χ0v) is 17.8. The number of hydrogen-bond donors (Lipinski definition) is 1. The molecule has 0 radical (unpaired) electrons. The summed E-state index contributed by atoms with van der Waals surface area (Å²) in [5.41, 5.74) is 2.90. The number of esters is 1. The third-order valence-corrected chi connectivity index (χ3v) is 5.07. The fourth-order valence-corrected chi connectivity index (χ4v) is 3.70. The molecule has 2 heterocycles. The minimum atomic E-state index is -0.527. The van der Waals surface area contributed by atoms with Gasteiger partial charge >= 0.3 is 5.97 Å². The summed E-state index contributed by atoms with van der Waals surface area (Å²) in [5, 5.41) is 12.5. The summed E-state index contributed by atoms with van der Waals surface area (Å²) in [4.78, 5) is 30.7. The zero-order valence-electron chi connectivity index (χ0n) is 17.8. The number of fused-ring (bicyclic) bond motifs is 3. The Morgan fingerprint density at radius 2 is 1.97 bits per heavy atom. The van der Waals surface area contributed by atoms with Gasteiger partial charge in [0.05, 0.1) is 40.8 Å². The van der Waals surface area contributed by atoms with Crippen molar-refractivity contribution < 1.29 is 23.9 Å². The van der Waals surface area contributed by atoms with E-state index in [1.54, 1.807) is 39.3 Å². The van der Waals surface area contributed by atoms with Crippen molar-refractivity contribution in [1.29, 1.82) is 0 Å². The maximum absolute atomic E-state index is 12.5. The van der Waals surface area contributed by atoms with E-state index in [1.165, 1.54) is 12.1 Å². The lowest BCUT2D eigenvalue weighted by Gasteiger charge is -2.12. The number of carbonyl (C=O) groups excluding carboxylic acids is 1. The lowest BCUT2D eigenvalue weighted by Crippen LogP contribution is -2.11. The van der Waals surface area contributed by atoms with Gasteiger partial charge in [-0.3, -0.25) is 10.1 Å². The van der Waals surface area contributed by atoms with E-state index >= 15 is 0 Å². The van der Waals surface area contributed by atoms with Crippen LogP contribution in [0, 0.1) is 17.0 Å². The number of H-pyrrole nitrogens is 1. The second-order valence-corrected chi connectivity index (χ2v) is 7.14. The highest BCUT2D eigenvalue weighted by atomic mass is 16.6. The average molecular weight is 435 g/mol. The van der Waals surface area contributed by atoms with Gasteiger partial charge in [-0.15, -0.1) is 0 Å². The number of rotatable bonds is 7. The van der Waals surface area contributed by atoms with Crippen molar-refractivity contribution in [2.45, 2.75) is 20.5 Å². The number of carbonyl (C=O) groups is 1. The fraction of sp³-hybridized carbons (Fsp3) is 0.217. The predicted molar refractivity (Wildman–Crippen MR) is 118 cm³/mol. The van der Waals surface area contributed by atoms with Crippen LogP contribution in [0.4, 0.5) is 5.69 Å². The molecule has 0 unspecified atom stereocenters. The number of benzene rings is 2. The number of aromatic nitrogens is 2. The number of non-ortho nitro benzene ring substituents is 1. The van der Waals surface area contributed by atoms with Gasteiger partial charge in [0.15, 0.2) is 5.69 Å². The number of nitrogens with zero attached hydrogens (tertiary/aromatic N) is 2. The van der Waals surface area contributed by atoms with Crippen LogP contribution in [0.1, 0.15) is 28.5 Å². The van der Waals surface area contributed by atoms with Crippen LogP contribution in [0.2, 0.25) is 0 Å². The van der Waals surface area contributed by atoms with Crippen LogP contribution in [-0.4, -0.2) is 34.6 Å². The highest BCUT2D eigenvalue weighted by molar-refractivity contribution is 6.13. The van der Waals surface area contributed by atoms with Gasteiger partial charge in [-0.05, 0) is 37.6 Å². The molecule has 0 saturated carbocycles. The minimum absolute atomic E-state index is 0.00677. The lowest BCUT2D eigenvalue weighted by molar-refractivity contribution is -0.384. The maximum Gasteiger partial charge on any atom is 0.357 e. The third-order valence-electron chi connectivity index (χ3n) is 5.07. The summed E-state index contributed by atoms with van der Waals surface area (Å²) < 4.78 is 16.7. The lowest BCUT2D eigenvalue weighted by atomic mass is 10.0. The Morgan fingerprint density at radius 1 is 1.16 bits per heavy atom. The van der Waals surface area contributed by atoms with Gasteiger partial charge in [-0.25, -0.2) is 9.78 Å². The largest absolute Gasteiger partial charge is 0.461 e. The van der Waals surface area contributed by atoms with Crippen LogP contribution in [-0.2, 0) is 16.1 Å². The summed E-state index contributed by atoms with van der Waals surface area (Å²) in [6, 6.07) is 9.97. The predicted octanol–water partition coefficient (Wildman–Crippen LogP) is 5.05. The Hall–Kier alpha value is -3.98. The van der Waals surface area contributed by atoms with E-state index in [0.29, 0.717) is 22.6 Å². The van der Waals surface area contributed by atoms with E-state index in [9.17, 15) is 14.9 Å². The van der Waals surface area contributed by atoms with Crippen molar-refractivity contribution in [3.05, 3.63) is 69.5 Å². The number of ether oxygens (including phenoxy) is 3. The Balaban J connectivity index is 1.92. The molecule has 0 amide bonds. The van der Waals surface area contributed by atoms with Crippen LogP contribution >= 0.6 is 0 Å². The molecule has 0 aliphatic carbocycles. The molecule has 9 nitrogen and oxygen atoms in total. The molecule has 0 aliphatic heterocycles. The number of aromatic amines is 1. The molecule has 4 rings (SSSR count). The fourth-order valence-electron chi connectivity index (χ4n) is 3.70. The first-order chi connectivity index (χ1) is 15.4. The molecular weight excluding hydrogens is 414 g/mol. The monoisotopic (exact) mass is 435 g/mol. The van der Waals surface area contributed by atoms with Crippen molar-refractivity contribution in [3.8, 4) is 11.5 Å². The topological polar surface area (TPSA) is 117 Å². The molecule has 164 valence electrons. The van der Waals surface area contributed by atoms with E-state index in [1.807, 2.05) is 12.1 Å². The first kappa shape index (κ1) is 21.3. The van der Waals surface area contributed by atoms with Gasteiger partial charge in [0.25, 0.3) is 5.69 Å². The quantitative estimate of drug-likeness (QED) is 0.245.